The number of nitrogens with one attached hydrogen (secondary N) is 2. The molecule has 1 aliphatic rings. The molecule has 0 atom stereocenters. The fraction of sp³-hybridized carbons (Fsp3) is 0.500. The molecule has 0 aliphatic heterocycles. The van der Waals surface area contributed by atoms with Gasteiger partial charge in [-0.2, -0.15) is 13.2 Å². The molecule has 216 valence electrons. The number of nitrogens with zero attached hydrogens (tertiary/aromatic N) is 4. The third-order valence-corrected chi connectivity index (χ3v) is 7.42. The Morgan fingerprint density at radius 1 is 1.20 bits per heavy atom. The van der Waals surface area contributed by atoms with Crippen LogP contribution in [0.2, 0.25) is 5.02 Å². The first-order chi connectivity index (χ1) is 18.6. The maximum Gasteiger partial charge on any atom is 0.406 e. The first-order valence-corrected chi connectivity index (χ1v) is 13.4. The SMILES string of the molecule is CC(C)CNCc1cc(C(=O)Nc2cc(C3(c4nncn4C)CC(C)(C)C3)ccc2Cl)c(=O)n(CC(F)(F)F)c1. The smallest absolute Gasteiger partial charge is 0.320 e. The van der Waals surface area contributed by atoms with Crippen molar-refractivity contribution < 1.29 is 18.0 Å². The van der Waals surface area contributed by atoms with Crippen LogP contribution >= 0.6 is 11.6 Å². The van der Waals surface area contributed by atoms with Gasteiger partial charge in [-0.3, -0.25) is 9.59 Å². The summed E-state index contributed by atoms with van der Waals surface area (Å²) in [7, 11) is 1.87. The van der Waals surface area contributed by atoms with Crippen molar-refractivity contribution in [2.75, 3.05) is 11.9 Å². The second kappa shape index (κ2) is 11.0. The number of hydrogen-bond acceptors (Lipinski definition) is 5. The number of benzene rings is 1. The van der Waals surface area contributed by atoms with Crippen LogP contribution in [0.5, 0.6) is 0 Å². The lowest BCUT2D eigenvalue weighted by molar-refractivity contribution is -0.141. The Bertz CT molecular complexity index is 1450. The number of pyridine rings is 1. The van der Waals surface area contributed by atoms with Crippen LogP contribution in [0.4, 0.5) is 18.9 Å². The molecule has 1 fully saturated rings. The molecular weight excluding hydrogens is 545 g/mol. The third kappa shape index (κ3) is 6.41. The highest BCUT2D eigenvalue weighted by Crippen LogP contribution is 2.58. The maximum absolute atomic E-state index is 13.4. The standard InChI is InChI=1S/C28H34ClF3N6O2/c1-17(2)10-33-11-18-8-20(24(40)38(12-18)15-28(30,31)32)23(39)35-22-9-19(6-7-21(22)29)27(13-26(3,4)14-27)25-36-34-16-37(25)5/h6-9,12,16-17,33H,10-11,13-15H2,1-5H3,(H,35,39). The van der Waals surface area contributed by atoms with E-state index in [1.807, 2.05) is 31.5 Å². The van der Waals surface area contributed by atoms with E-state index in [9.17, 15) is 22.8 Å². The quantitative estimate of drug-likeness (QED) is 0.360. The molecular formula is C28H34ClF3N6O2. The topological polar surface area (TPSA) is 93.8 Å². The van der Waals surface area contributed by atoms with Gasteiger partial charge < -0.3 is 19.8 Å². The van der Waals surface area contributed by atoms with E-state index >= 15 is 0 Å². The van der Waals surface area contributed by atoms with Crippen molar-refractivity contribution in [1.29, 1.82) is 0 Å². The van der Waals surface area contributed by atoms with Crippen molar-refractivity contribution in [2.45, 2.75) is 65.2 Å². The lowest BCUT2D eigenvalue weighted by Gasteiger charge is -2.52. The van der Waals surface area contributed by atoms with Crippen molar-refractivity contribution in [3.63, 3.8) is 0 Å². The van der Waals surface area contributed by atoms with Gasteiger partial charge in [0.05, 0.1) is 16.1 Å². The van der Waals surface area contributed by atoms with Crippen LogP contribution < -0.4 is 16.2 Å². The Kier molecular flexibility index (Phi) is 8.20. The minimum Gasteiger partial charge on any atom is -0.320 e. The Morgan fingerprint density at radius 3 is 2.48 bits per heavy atom. The molecule has 1 saturated carbocycles. The van der Waals surface area contributed by atoms with Crippen LogP contribution in [0.1, 0.15) is 67.8 Å². The summed E-state index contributed by atoms with van der Waals surface area (Å²) in [6.45, 7) is 7.62. The van der Waals surface area contributed by atoms with Gasteiger partial charge in [0.25, 0.3) is 11.5 Å². The number of rotatable bonds is 9. The molecule has 40 heavy (non-hydrogen) atoms. The normalized spacial score (nSPS) is 16.1. The molecule has 8 nitrogen and oxygen atoms in total. The number of aryl methyl sites for hydroxylation is 1. The Morgan fingerprint density at radius 2 is 1.90 bits per heavy atom. The van der Waals surface area contributed by atoms with Crippen LogP contribution in [0.3, 0.4) is 0 Å². The highest BCUT2D eigenvalue weighted by Gasteiger charge is 2.54. The van der Waals surface area contributed by atoms with Crippen LogP contribution in [0.25, 0.3) is 0 Å². The summed E-state index contributed by atoms with van der Waals surface area (Å²) in [5, 5.41) is 14.4. The van der Waals surface area contributed by atoms with E-state index in [0.29, 0.717) is 22.6 Å². The number of alkyl halides is 3. The number of aromatic nitrogens is 4. The van der Waals surface area contributed by atoms with Gasteiger partial charge in [-0.05, 0) is 60.0 Å². The molecule has 4 rings (SSSR count). The highest BCUT2D eigenvalue weighted by atomic mass is 35.5. The van der Waals surface area contributed by atoms with E-state index in [-0.39, 0.29) is 22.7 Å². The van der Waals surface area contributed by atoms with Crippen LogP contribution in [-0.4, -0.2) is 38.0 Å². The van der Waals surface area contributed by atoms with E-state index in [1.165, 1.54) is 6.07 Å². The monoisotopic (exact) mass is 578 g/mol. The van der Waals surface area contributed by atoms with Crippen molar-refractivity contribution in [2.24, 2.45) is 18.4 Å². The molecule has 1 amide bonds. The predicted octanol–water partition coefficient (Wildman–Crippen LogP) is 5.30. The predicted molar refractivity (Wildman–Crippen MR) is 148 cm³/mol. The number of carbonyl (C=O) groups excluding carboxylic acids is 1. The molecule has 0 saturated heterocycles. The van der Waals surface area contributed by atoms with Gasteiger partial charge >= 0.3 is 6.18 Å². The summed E-state index contributed by atoms with van der Waals surface area (Å²) < 4.78 is 42.1. The number of anilines is 1. The second-order valence-electron chi connectivity index (χ2n) is 11.8. The molecule has 2 aromatic heterocycles. The van der Waals surface area contributed by atoms with Gasteiger partial charge in [0, 0.05) is 19.8 Å². The van der Waals surface area contributed by atoms with Crippen molar-refractivity contribution in [1.82, 2.24) is 24.6 Å². The van der Waals surface area contributed by atoms with Crippen LogP contribution in [-0.2, 0) is 25.6 Å². The minimum absolute atomic E-state index is 0.0581. The summed E-state index contributed by atoms with van der Waals surface area (Å²) in [5.41, 5.74) is -0.340. The molecule has 2 N–H and O–H groups in total. The number of carbonyl (C=O) groups is 1. The highest BCUT2D eigenvalue weighted by molar-refractivity contribution is 6.34. The van der Waals surface area contributed by atoms with E-state index in [0.717, 1.165) is 30.4 Å². The summed E-state index contributed by atoms with van der Waals surface area (Å²) in [4.78, 5) is 26.3. The Balaban J connectivity index is 1.69. The average molecular weight is 579 g/mol. The molecule has 3 aromatic rings. The Hall–Kier alpha value is -3.18. The summed E-state index contributed by atoms with van der Waals surface area (Å²) in [6, 6.07) is 6.60. The minimum atomic E-state index is -4.64. The van der Waals surface area contributed by atoms with Gasteiger partial charge in [-0.1, -0.05) is 45.4 Å². The lowest BCUT2D eigenvalue weighted by atomic mass is 9.51. The van der Waals surface area contributed by atoms with Gasteiger partial charge in [-0.25, -0.2) is 0 Å². The zero-order chi connectivity index (χ0) is 29.5. The summed E-state index contributed by atoms with van der Waals surface area (Å²) in [6.07, 6.45) is -0.291. The van der Waals surface area contributed by atoms with Crippen molar-refractivity contribution in [3.8, 4) is 0 Å². The first-order valence-electron chi connectivity index (χ1n) is 13.1. The van der Waals surface area contributed by atoms with Gasteiger partial charge in [0.2, 0.25) is 0 Å². The van der Waals surface area contributed by atoms with Gasteiger partial charge in [0.1, 0.15) is 24.3 Å². The molecule has 0 spiro atoms. The number of halogens is 4. The lowest BCUT2D eigenvalue weighted by Crippen LogP contribution is -2.49. The average Bonchev–Trinajstić information content (AvgIpc) is 3.25. The van der Waals surface area contributed by atoms with Crippen LogP contribution in [0, 0.1) is 11.3 Å². The molecule has 0 radical (unpaired) electrons. The van der Waals surface area contributed by atoms with Gasteiger partial charge in [0.15, 0.2) is 0 Å². The largest absolute Gasteiger partial charge is 0.406 e. The fourth-order valence-electron chi connectivity index (χ4n) is 5.67. The maximum atomic E-state index is 13.4. The second-order valence-corrected chi connectivity index (χ2v) is 12.3. The summed E-state index contributed by atoms with van der Waals surface area (Å²) >= 11 is 6.45. The molecule has 0 unspecified atom stereocenters. The molecule has 2 heterocycles. The van der Waals surface area contributed by atoms with E-state index < -0.39 is 35.2 Å². The van der Waals surface area contributed by atoms with Gasteiger partial charge in [-0.15, -0.1) is 10.2 Å². The number of hydrogen-bond donors (Lipinski definition) is 2. The molecule has 1 aliphatic carbocycles. The Labute approximate surface area is 235 Å². The van der Waals surface area contributed by atoms with E-state index in [1.54, 1.807) is 18.5 Å². The van der Waals surface area contributed by atoms with Crippen molar-refractivity contribution in [3.05, 3.63) is 74.7 Å². The van der Waals surface area contributed by atoms with Crippen molar-refractivity contribution >= 4 is 23.2 Å². The zero-order valence-electron chi connectivity index (χ0n) is 23.2. The first kappa shape index (κ1) is 29.8. The zero-order valence-corrected chi connectivity index (χ0v) is 24.0. The number of amides is 1. The molecule has 1 aromatic carbocycles. The fourth-order valence-corrected chi connectivity index (χ4v) is 5.84. The summed E-state index contributed by atoms with van der Waals surface area (Å²) in [5.74, 6) is 0.250. The molecule has 0 bridgehead atoms. The van der Waals surface area contributed by atoms with Crippen LogP contribution in [0.15, 0.2) is 41.6 Å². The third-order valence-electron chi connectivity index (χ3n) is 7.09. The molecule has 12 heteroatoms. The van der Waals surface area contributed by atoms with E-state index in [2.05, 4.69) is 34.7 Å². The van der Waals surface area contributed by atoms with E-state index in [4.69, 9.17) is 11.6 Å².